The van der Waals surface area contributed by atoms with E-state index in [9.17, 15) is 0 Å². The summed E-state index contributed by atoms with van der Waals surface area (Å²) in [6, 6.07) is 9.84. The predicted octanol–water partition coefficient (Wildman–Crippen LogP) is 4.08. The van der Waals surface area contributed by atoms with Gasteiger partial charge in [-0.1, -0.05) is 32.4 Å². The Morgan fingerprint density at radius 1 is 1.29 bits per heavy atom. The molecule has 0 saturated heterocycles. The van der Waals surface area contributed by atoms with Gasteiger partial charge in [0.15, 0.2) is 0 Å². The molecule has 0 spiro atoms. The number of benzene rings is 1. The average molecular weight is 249 g/mol. The zero-order chi connectivity index (χ0) is 12.1. The molecule has 17 heavy (non-hydrogen) atoms. The van der Waals surface area contributed by atoms with Crippen molar-refractivity contribution >= 4 is 11.8 Å². The summed E-state index contributed by atoms with van der Waals surface area (Å²) in [5.74, 6) is 2.05. The fraction of sp³-hybridized carbons (Fsp3) is 0.600. The molecule has 1 nitrogen and oxygen atoms in total. The van der Waals surface area contributed by atoms with Crippen LogP contribution in [-0.2, 0) is 6.54 Å². The van der Waals surface area contributed by atoms with Gasteiger partial charge < -0.3 is 5.32 Å². The Balaban J connectivity index is 1.75. The number of thioether (sulfide) groups is 1. The van der Waals surface area contributed by atoms with E-state index in [0.29, 0.717) is 0 Å². The molecule has 1 atom stereocenters. The van der Waals surface area contributed by atoms with Gasteiger partial charge in [0.1, 0.15) is 0 Å². The lowest BCUT2D eigenvalue weighted by atomic mass is 10.2. The first kappa shape index (κ1) is 13.0. The lowest BCUT2D eigenvalue weighted by Crippen LogP contribution is -2.14. The maximum absolute atomic E-state index is 3.54. The molecule has 94 valence electrons. The van der Waals surface area contributed by atoms with E-state index in [1.807, 2.05) is 11.8 Å². The summed E-state index contributed by atoms with van der Waals surface area (Å²) < 4.78 is 0. The number of rotatable bonds is 7. The van der Waals surface area contributed by atoms with Crippen LogP contribution in [0, 0.1) is 5.92 Å². The van der Waals surface area contributed by atoms with Crippen LogP contribution in [0.25, 0.3) is 0 Å². The third-order valence-electron chi connectivity index (χ3n) is 3.33. The van der Waals surface area contributed by atoms with Crippen LogP contribution < -0.4 is 5.32 Å². The molecule has 1 saturated carbocycles. The summed E-state index contributed by atoms with van der Waals surface area (Å²) in [5, 5.41) is 3.54. The molecule has 0 bridgehead atoms. The van der Waals surface area contributed by atoms with Crippen LogP contribution in [0.4, 0.5) is 0 Å². The van der Waals surface area contributed by atoms with Crippen LogP contribution in [-0.4, -0.2) is 11.8 Å². The Bertz CT molecular complexity index is 329. The second kappa shape index (κ2) is 6.46. The number of nitrogens with one attached hydrogen (secondary N) is 1. The molecule has 1 aromatic carbocycles. The van der Waals surface area contributed by atoms with E-state index in [-0.39, 0.29) is 0 Å². The summed E-state index contributed by atoms with van der Waals surface area (Å²) in [4.78, 5) is 1.40. The van der Waals surface area contributed by atoms with Gasteiger partial charge in [0.25, 0.3) is 0 Å². The normalized spacial score (nSPS) is 17.1. The van der Waals surface area contributed by atoms with Crippen molar-refractivity contribution in [1.82, 2.24) is 5.32 Å². The van der Waals surface area contributed by atoms with Gasteiger partial charge in [-0.25, -0.2) is 0 Å². The molecule has 1 aliphatic rings. The molecule has 1 unspecified atom stereocenters. The van der Waals surface area contributed by atoms with Crippen molar-refractivity contribution in [1.29, 1.82) is 0 Å². The summed E-state index contributed by atoms with van der Waals surface area (Å²) in [6.45, 7) is 5.61. The van der Waals surface area contributed by atoms with Crippen molar-refractivity contribution < 1.29 is 0 Å². The van der Waals surface area contributed by atoms with Crippen LogP contribution in [0.1, 0.15) is 38.7 Å². The Morgan fingerprint density at radius 3 is 2.59 bits per heavy atom. The van der Waals surface area contributed by atoms with Gasteiger partial charge in [0.05, 0.1) is 0 Å². The highest BCUT2D eigenvalue weighted by Gasteiger charge is 2.19. The Kier molecular flexibility index (Phi) is 4.93. The molecule has 0 aliphatic heterocycles. The second-order valence-electron chi connectivity index (χ2n) is 5.12. The standard InChI is InChI=1S/C15H23NS/c1-3-12(2)11-17-15-8-4-13(5-9-15)10-16-14-6-7-14/h4-5,8-9,12,14,16H,3,6-7,10-11H2,1-2H3. The monoisotopic (exact) mass is 249 g/mol. The van der Waals surface area contributed by atoms with Gasteiger partial charge in [-0.3, -0.25) is 0 Å². The average Bonchev–Trinajstić information content (AvgIpc) is 3.18. The molecule has 0 heterocycles. The van der Waals surface area contributed by atoms with Gasteiger partial charge in [-0.2, -0.15) is 0 Å². The molecule has 2 rings (SSSR count). The number of hydrogen-bond acceptors (Lipinski definition) is 2. The summed E-state index contributed by atoms with van der Waals surface area (Å²) in [7, 11) is 0. The van der Waals surface area contributed by atoms with Crippen molar-refractivity contribution in [3.63, 3.8) is 0 Å². The zero-order valence-electron chi connectivity index (χ0n) is 10.9. The highest BCUT2D eigenvalue weighted by atomic mass is 32.2. The second-order valence-corrected chi connectivity index (χ2v) is 6.22. The first-order valence-electron chi connectivity index (χ1n) is 6.73. The quantitative estimate of drug-likeness (QED) is 0.731. The van der Waals surface area contributed by atoms with Crippen molar-refractivity contribution in [3.8, 4) is 0 Å². The first-order chi connectivity index (χ1) is 8.28. The molecule has 1 fully saturated rings. The highest BCUT2D eigenvalue weighted by Crippen LogP contribution is 2.23. The fourth-order valence-electron chi connectivity index (χ4n) is 1.61. The SMILES string of the molecule is CCC(C)CSc1ccc(CNC2CC2)cc1. The van der Waals surface area contributed by atoms with Crippen LogP contribution >= 0.6 is 11.8 Å². The smallest absolute Gasteiger partial charge is 0.0208 e. The van der Waals surface area contributed by atoms with E-state index in [0.717, 1.165) is 18.5 Å². The Hall–Kier alpha value is -0.470. The minimum atomic E-state index is 0.800. The number of hydrogen-bond donors (Lipinski definition) is 1. The summed E-state index contributed by atoms with van der Waals surface area (Å²) in [6.07, 6.45) is 4.00. The van der Waals surface area contributed by atoms with Crippen molar-refractivity contribution in [2.24, 2.45) is 5.92 Å². The van der Waals surface area contributed by atoms with Crippen molar-refractivity contribution in [2.45, 2.75) is 50.6 Å². The topological polar surface area (TPSA) is 12.0 Å². The summed E-state index contributed by atoms with van der Waals surface area (Å²) >= 11 is 1.98. The van der Waals surface area contributed by atoms with Crippen molar-refractivity contribution in [3.05, 3.63) is 29.8 Å². The minimum absolute atomic E-state index is 0.800. The molecule has 0 amide bonds. The van der Waals surface area contributed by atoms with Gasteiger partial charge in [-0.15, -0.1) is 11.8 Å². The van der Waals surface area contributed by atoms with Gasteiger partial charge in [-0.05, 0) is 36.5 Å². The van der Waals surface area contributed by atoms with Gasteiger partial charge >= 0.3 is 0 Å². The molecular formula is C15H23NS. The zero-order valence-corrected chi connectivity index (χ0v) is 11.7. The highest BCUT2D eigenvalue weighted by molar-refractivity contribution is 7.99. The van der Waals surface area contributed by atoms with Gasteiger partial charge in [0.2, 0.25) is 0 Å². The molecular weight excluding hydrogens is 226 g/mol. The van der Waals surface area contributed by atoms with Crippen LogP contribution in [0.2, 0.25) is 0 Å². The maximum atomic E-state index is 3.54. The minimum Gasteiger partial charge on any atom is -0.310 e. The third-order valence-corrected chi connectivity index (χ3v) is 4.67. The Labute approximate surface area is 109 Å². The van der Waals surface area contributed by atoms with E-state index in [4.69, 9.17) is 0 Å². The van der Waals surface area contributed by atoms with E-state index in [2.05, 4.69) is 43.4 Å². The molecule has 1 aliphatic carbocycles. The van der Waals surface area contributed by atoms with E-state index < -0.39 is 0 Å². The maximum Gasteiger partial charge on any atom is 0.0208 e. The van der Waals surface area contributed by atoms with E-state index >= 15 is 0 Å². The molecule has 1 aromatic rings. The van der Waals surface area contributed by atoms with Crippen molar-refractivity contribution in [2.75, 3.05) is 5.75 Å². The lowest BCUT2D eigenvalue weighted by molar-refractivity contribution is 0.637. The van der Waals surface area contributed by atoms with Crippen LogP contribution in [0.15, 0.2) is 29.2 Å². The predicted molar refractivity (Wildman–Crippen MR) is 76.5 cm³/mol. The first-order valence-corrected chi connectivity index (χ1v) is 7.71. The Morgan fingerprint density at radius 2 is 2.00 bits per heavy atom. The molecule has 1 N–H and O–H groups in total. The molecule has 0 radical (unpaired) electrons. The lowest BCUT2D eigenvalue weighted by Gasteiger charge is -2.08. The van der Waals surface area contributed by atoms with Crippen LogP contribution in [0.5, 0.6) is 0 Å². The van der Waals surface area contributed by atoms with Crippen LogP contribution in [0.3, 0.4) is 0 Å². The fourth-order valence-corrected chi connectivity index (χ4v) is 2.65. The van der Waals surface area contributed by atoms with E-state index in [1.54, 1.807) is 0 Å². The summed E-state index contributed by atoms with van der Waals surface area (Å²) in [5.41, 5.74) is 1.41. The molecule has 0 aromatic heterocycles. The van der Waals surface area contributed by atoms with Gasteiger partial charge in [0, 0.05) is 23.2 Å². The third kappa shape index (κ3) is 4.72. The largest absolute Gasteiger partial charge is 0.310 e. The van der Waals surface area contributed by atoms with E-state index in [1.165, 1.54) is 35.5 Å². The molecule has 2 heteroatoms.